The number of hydrogen-bond donors (Lipinski definition) is 2. The predicted molar refractivity (Wildman–Crippen MR) is 101 cm³/mol. The van der Waals surface area contributed by atoms with Gasteiger partial charge in [0.25, 0.3) is 17.4 Å². The number of benzene rings is 2. The van der Waals surface area contributed by atoms with Crippen LogP contribution in [0.15, 0.2) is 51.7 Å². The third-order valence-corrected chi connectivity index (χ3v) is 4.50. The van der Waals surface area contributed by atoms with Crippen LogP contribution in [-0.2, 0) is 6.54 Å². The zero-order chi connectivity index (χ0) is 19.6. The van der Waals surface area contributed by atoms with Gasteiger partial charge in [-0.05, 0) is 47.1 Å². The molecule has 0 atom stereocenters. The average molecular weight is 433 g/mol. The molecule has 0 unspecified atom stereocenters. The SMILES string of the molecule is CCn1nc(C(=O)NNC(=O)c2ccc(Br)c(F)c2)c2ccccc2c1=O. The average Bonchev–Trinajstić information content (AvgIpc) is 2.68. The molecule has 2 N–H and O–H groups in total. The quantitative estimate of drug-likeness (QED) is 0.621. The third-order valence-electron chi connectivity index (χ3n) is 3.85. The summed E-state index contributed by atoms with van der Waals surface area (Å²) in [4.78, 5) is 36.9. The summed E-state index contributed by atoms with van der Waals surface area (Å²) in [6.45, 7) is 2.02. The van der Waals surface area contributed by atoms with Crippen LogP contribution in [0.1, 0.15) is 27.8 Å². The van der Waals surface area contributed by atoms with Crippen LogP contribution < -0.4 is 16.4 Å². The van der Waals surface area contributed by atoms with E-state index in [1.54, 1.807) is 31.2 Å². The van der Waals surface area contributed by atoms with Gasteiger partial charge in [-0.1, -0.05) is 18.2 Å². The van der Waals surface area contributed by atoms with Crippen LogP contribution in [0.3, 0.4) is 0 Å². The number of carbonyl (C=O) groups is 2. The second-order valence-electron chi connectivity index (χ2n) is 5.55. The van der Waals surface area contributed by atoms with Crippen LogP contribution in [0.5, 0.6) is 0 Å². The molecular weight excluding hydrogens is 419 g/mol. The first-order valence-electron chi connectivity index (χ1n) is 7.98. The minimum Gasteiger partial charge on any atom is -0.267 e. The molecule has 0 spiro atoms. The van der Waals surface area contributed by atoms with Gasteiger partial charge in [0.15, 0.2) is 5.69 Å². The molecule has 0 radical (unpaired) electrons. The van der Waals surface area contributed by atoms with Crippen LogP contribution in [-0.4, -0.2) is 21.6 Å². The van der Waals surface area contributed by atoms with Crippen molar-refractivity contribution >= 4 is 38.5 Å². The maximum Gasteiger partial charge on any atom is 0.290 e. The molecule has 3 aromatic rings. The summed E-state index contributed by atoms with van der Waals surface area (Å²) >= 11 is 3.00. The van der Waals surface area contributed by atoms with Crippen LogP contribution in [0.25, 0.3) is 10.8 Å². The lowest BCUT2D eigenvalue weighted by Gasteiger charge is -2.11. The Bertz CT molecular complexity index is 1110. The summed E-state index contributed by atoms with van der Waals surface area (Å²) in [6.07, 6.45) is 0. The zero-order valence-electron chi connectivity index (χ0n) is 14.1. The summed E-state index contributed by atoms with van der Waals surface area (Å²) in [6, 6.07) is 10.4. The van der Waals surface area contributed by atoms with E-state index in [2.05, 4.69) is 31.9 Å². The highest BCUT2D eigenvalue weighted by Crippen LogP contribution is 2.16. The summed E-state index contributed by atoms with van der Waals surface area (Å²) in [5, 5.41) is 4.79. The topological polar surface area (TPSA) is 93.1 Å². The van der Waals surface area contributed by atoms with Crippen molar-refractivity contribution in [2.75, 3.05) is 0 Å². The Kier molecular flexibility index (Phi) is 5.31. The first-order valence-corrected chi connectivity index (χ1v) is 8.77. The van der Waals surface area contributed by atoms with Crippen molar-refractivity contribution in [3.63, 3.8) is 0 Å². The third kappa shape index (κ3) is 3.72. The number of halogens is 2. The van der Waals surface area contributed by atoms with Crippen LogP contribution in [0.2, 0.25) is 0 Å². The van der Waals surface area contributed by atoms with Crippen molar-refractivity contribution < 1.29 is 14.0 Å². The van der Waals surface area contributed by atoms with Gasteiger partial charge in [-0.15, -0.1) is 0 Å². The summed E-state index contributed by atoms with van der Waals surface area (Å²) < 4.78 is 14.9. The minimum atomic E-state index is -0.695. The van der Waals surface area contributed by atoms with E-state index in [1.807, 2.05) is 0 Å². The molecule has 1 heterocycles. The Hall–Kier alpha value is -3.07. The van der Waals surface area contributed by atoms with E-state index in [9.17, 15) is 18.8 Å². The van der Waals surface area contributed by atoms with Crippen molar-refractivity contribution in [1.29, 1.82) is 0 Å². The van der Waals surface area contributed by atoms with Gasteiger partial charge in [-0.3, -0.25) is 25.2 Å². The lowest BCUT2D eigenvalue weighted by atomic mass is 10.1. The van der Waals surface area contributed by atoms with Crippen molar-refractivity contribution in [1.82, 2.24) is 20.6 Å². The molecule has 7 nitrogen and oxygen atoms in total. The standard InChI is InChI=1S/C18H14BrFN4O3/c1-2-24-18(27)12-6-4-3-5-11(12)15(23-24)17(26)22-21-16(25)10-7-8-13(19)14(20)9-10/h3-9H,2H2,1H3,(H,21,25)(H,22,26). The number of hydrogen-bond acceptors (Lipinski definition) is 4. The van der Waals surface area contributed by atoms with Gasteiger partial charge in [0.2, 0.25) is 0 Å². The van der Waals surface area contributed by atoms with E-state index in [0.717, 1.165) is 6.07 Å². The van der Waals surface area contributed by atoms with Gasteiger partial charge < -0.3 is 0 Å². The number of nitrogens with zero attached hydrogens (tertiary/aromatic N) is 2. The molecular formula is C18H14BrFN4O3. The fourth-order valence-corrected chi connectivity index (χ4v) is 2.75. The monoisotopic (exact) mass is 432 g/mol. The van der Waals surface area contributed by atoms with Crippen LogP contribution in [0.4, 0.5) is 4.39 Å². The van der Waals surface area contributed by atoms with Crippen molar-refractivity contribution in [2.24, 2.45) is 0 Å². The van der Waals surface area contributed by atoms with Gasteiger partial charge in [0.05, 0.1) is 9.86 Å². The van der Waals surface area contributed by atoms with E-state index >= 15 is 0 Å². The van der Waals surface area contributed by atoms with Gasteiger partial charge in [0, 0.05) is 17.5 Å². The van der Waals surface area contributed by atoms with Crippen LogP contribution in [0, 0.1) is 5.82 Å². The Balaban J connectivity index is 1.86. The number of aryl methyl sites for hydroxylation is 1. The number of nitrogens with one attached hydrogen (secondary N) is 2. The van der Waals surface area contributed by atoms with Gasteiger partial charge in [0.1, 0.15) is 5.82 Å². The Morgan fingerprint density at radius 3 is 2.44 bits per heavy atom. The summed E-state index contributed by atoms with van der Waals surface area (Å²) in [7, 11) is 0. The largest absolute Gasteiger partial charge is 0.290 e. The van der Waals surface area contributed by atoms with Gasteiger partial charge in [-0.2, -0.15) is 5.10 Å². The lowest BCUT2D eigenvalue weighted by Crippen LogP contribution is -2.42. The van der Waals surface area contributed by atoms with E-state index in [1.165, 1.54) is 16.8 Å². The molecule has 0 aliphatic rings. The van der Waals surface area contributed by atoms with Crippen molar-refractivity contribution in [3.05, 3.63) is 74.4 Å². The van der Waals surface area contributed by atoms with E-state index in [-0.39, 0.29) is 27.8 Å². The van der Waals surface area contributed by atoms with Crippen molar-refractivity contribution in [2.45, 2.75) is 13.5 Å². The molecule has 138 valence electrons. The molecule has 2 aromatic carbocycles. The fourth-order valence-electron chi connectivity index (χ4n) is 2.50. The number of rotatable bonds is 3. The second-order valence-corrected chi connectivity index (χ2v) is 6.41. The van der Waals surface area contributed by atoms with Crippen molar-refractivity contribution in [3.8, 4) is 0 Å². The molecule has 0 bridgehead atoms. The molecule has 0 saturated carbocycles. The van der Waals surface area contributed by atoms with Gasteiger partial charge in [-0.25, -0.2) is 9.07 Å². The first-order chi connectivity index (χ1) is 12.9. The predicted octanol–water partition coefficient (Wildman–Crippen LogP) is 2.39. The maximum atomic E-state index is 13.5. The van der Waals surface area contributed by atoms with E-state index in [4.69, 9.17) is 0 Å². The smallest absolute Gasteiger partial charge is 0.267 e. The fraction of sp³-hybridized carbons (Fsp3) is 0.111. The maximum absolute atomic E-state index is 13.5. The molecule has 0 saturated heterocycles. The number of carbonyl (C=O) groups excluding carboxylic acids is 2. The molecule has 0 aliphatic heterocycles. The summed E-state index contributed by atoms with van der Waals surface area (Å²) in [5.41, 5.74) is 4.18. The molecule has 3 rings (SSSR count). The highest BCUT2D eigenvalue weighted by atomic mass is 79.9. The molecule has 27 heavy (non-hydrogen) atoms. The molecule has 0 fully saturated rings. The first kappa shape index (κ1) is 18.7. The number of aromatic nitrogens is 2. The Labute approximate surface area is 161 Å². The minimum absolute atomic E-state index is 0.00524. The highest BCUT2D eigenvalue weighted by Gasteiger charge is 2.17. The molecule has 0 aliphatic carbocycles. The van der Waals surface area contributed by atoms with E-state index in [0.29, 0.717) is 10.8 Å². The molecule has 9 heteroatoms. The second kappa shape index (κ2) is 7.67. The lowest BCUT2D eigenvalue weighted by molar-refractivity contribution is 0.0843. The normalized spacial score (nSPS) is 10.6. The Morgan fingerprint density at radius 1 is 1.11 bits per heavy atom. The van der Waals surface area contributed by atoms with Crippen LogP contribution >= 0.6 is 15.9 Å². The number of hydrazine groups is 1. The summed E-state index contributed by atoms with van der Waals surface area (Å²) in [5.74, 6) is -1.99. The number of amides is 2. The highest BCUT2D eigenvalue weighted by molar-refractivity contribution is 9.10. The number of fused-ring (bicyclic) bond motifs is 1. The van der Waals surface area contributed by atoms with E-state index < -0.39 is 17.6 Å². The zero-order valence-corrected chi connectivity index (χ0v) is 15.7. The molecule has 1 aromatic heterocycles. The molecule has 2 amide bonds. The Morgan fingerprint density at radius 2 is 1.78 bits per heavy atom. The van der Waals surface area contributed by atoms with Gasteiger partial charge >= 0.3 is 0 Å².